The Morgan fingerprint density at radius 1 is 1.26 bits per heavy atom. The fraction of sp³-hybridized carbons (Fsp3) is 0.647. The summed E-state index contributed by atoms with van der Waals surface area (Å²) in [4.78, 5) is 2.50. The van der Waals surface area contributed by atoms with Gasteiger partial charge in [-0.05, 0) is 44.7 Å². The highest BCUT2D eigenvalue weighted by Gasteiger charge is 2.20. The number of hydrogen-bond acceptors (Lipinski definition) is 2. The van der Waals surface area contributed by atoms with Gasteiger partial charge >= 0.3 is 0 Å². The second-order valence-electron chi connectivity index (χ2n) is 6.22. The fourth-order valence-electron chi connectivity index (χ4n) is 3.23. The van der Waals surface area contributed by atoms with Crippen LogP contribution in [0.4, 0.5) is 5.69 Å². The van der Waals surface area contributed by atoms with Gasteiger partial charge < -0.3 is 10.6 Å². The molecule has 2 nitrogen and oxygen atoms in total. The van der Waals surface area contributed by atoms with Gasteiger partial charge in [0.2, 0.25) is 0 Å². The molecule has 1 atom stereocenters. The lowest BCUT2D eigenvalue weighted by Crippen LogP contribution is -2.34. The molecule has 0 saturated heterocycles. The van der Waals surface area contributed by atoms with Crippen LogP contribution in [0.25, 0.3) is 0 Å². The molecule has 2 N–H and O–H groups in total. The summed E-state index contributed by atoms with van der Waals surface area (Å²) in [5.74, 6) is 0. The number of anilines is 1. The van der Waals surface area contributed by atoms with Crippen LogP contribution in [0.15, 0.2) is 18.2 Å². The smallest absolute Gasteiger partial charge is 0.0399 e. The molecule has 0 aromatic heterocycles. The van der Waals surface area contributed by atoms with Crippen LogP contribution in [0.5, 0.6) is 0 Å². The van der Waals surface area contributed by atoms with E-state index in [1.54, 1.807) is 0 Å². The summed E-state index contributed by atoms with van der Waals surface area (Å²) < 4.78 is 0. The average Bonchev–Trinajstić information content (AvgIpc) is 2.38. The minimum atomic E-state index is 0.223. The molecule has 1 aromatic carbocycles. The van der Waals surface area contributed by atoms with Gasteiger partial charge in [0.1, 0.15) is 0 Å². The van der Waals surface area contributed by atoms with Crippen molar-refractivity contribution in [1.82, 2.24) is 0 Å². The van der Waals surface area contributed by atoms with Crippen molar-refractivity contribution in [3.05, 3.63) is 29.3 Å². The van der Waals surface area contributed by atoms with Gasteiger partial charge in [0.15, 0.2) is 0 Å². The minimum Gasteiger partial charge on any atom is -0.371 e. The third-order valence-corrected chi connectivity index (χ3v) is 4.28. The highest BCUT2D eigenvalue weighted by molar-refractivity contribution is 5.55. The van der Waals surface area contributed by atoms with Crippen LogP contribution in [0, 0.1) is 6.92 Å². The molecular formula is C17H28N2. The first-order chi connectivity index (χ1) is 9.08. The molecule has 0 aliphatic heterocycles. The zero-order chi connectivity index (χ0) is 13.8. The SMILES string of the molecule is Cc1ccc(N(C)C2CCCCC2)c(CC(C)N)c1. The van der Waals surface area contributed by atoms with Crippen LogP contribution in [0.2, 0.25) is 0 Å². The van der Waals surface area contributed by atoms with Crippen molar-refractivity contribution in [2.24, 2.45) is 5.73 Å². The Morgan fingerprint density at radius 2 is 1.95 bits per heavy atom. The standard InChI is InChI=1S/C17H28N2/c1-13-9-10-17(15(11-13)12-14(2)18)19(3)16-7-5-4-6-8-16/h9-11,14,16H,4-8,12,18H2,1-3H3. The molecule has 1 aliphatic rings. The van der Waals surface area contributed by atoms with E-state index in [0.29, 0.717) is 6.04 Å². The lowest BCUT2D eigenvalue weighted by Gasteiger charge is -2.34. The number of nitrogens with zero attached hydrogens (tertiary/aromatic N) is 1. The summed E-state index contributed by atoms with van der Waals surface area (Å²) in [5.41, 5.74) is 10.1. The summed E-state index contributed by atoms with van der Waals surface area (Å²) in [6.45, 7) is 4.25. The van der Waals surface area contributed by atoms with Gasteiger partial charge in [-0.25, -0.2) is 0 Å². The molecular weight excluding hydrogens is 232 g/mol. The van der Waals surface area contributed by atoms with E-state index >= 15 is 0 Å². The summed E-state index contributed by atoms with van der Waals surface area (Å²) in [6.07, 6.45) is 7.80. The zero-order valence-electron chi connectivity index (χ0n) is 12.7. The van der Waals surface area contributed by atoms with Gasteiger partial charge in [0.25, 0.3) is 0 Å². The highest BCUT2D eigenvalue weighted by atomic mass is 15.1. The van der Waals surface area contributed by atoms with Crippen LogP contribution < -0.4 is 10.6 Å². The third-order valence-electron chi connectivity index (χ3n) is 4.28. The summed E-state index contributed by atoms with van der Waals surface area (Å²) in [7, 11) is 2.26. The number of rotatable bonds is 4. The van der Waals surface area contributed by atoms with Crippen LogP contribution in [-0.4, -0.2) is 19.1 Å². The number of aryl methyl sites for hydroxylation is 1. The first-order valence-corrected chi connectivity index (χ1v) is 7.66. The number of hydrogen-bond donors (Lipinski definition) is 1. The van der Waals surface area contributed by atoms with Gasteiger partial charge in [-0.3, -0.25) is 0 Å². The minimum absolute atomic E-state index is 0.223. The molecule has 1 fully saturated rings. The largest absolute Gasteiger partial charge is 0.371 e. The van der Waals surface area contributed by atoms with E-state index in [9.17, 15) is 0 Å². The molecule has 1 unspecified atom stereocenters. The molecule has 1 aliphatic carbocycles. The summed E-state index contributed by atoms with van der Waals surface area (Å²) in [5, 5.41) is 0. The predicted molar refractivity (Wildman–Crippen MR) is 83.8 cm³/mol. The van der Waals surface area contributed by atoms with E-state index in [4.69, 9.17) is 5.73 Å². The highest BCUT2D eigenvalue weighted by Crippen LogP contribution is 2.29. The van der Waals surface area contributed by atoms with Crippen LogP contribution >= 0.6 is 0 Å². The second-order valence-corrected chi connectivity index (χ2v) is 6.22. The monoisotopic (exact) mass is 260 g/mol. The van der Waals surface area contributed by atoms with Gasteiger partial charge in [-0.15, -0.1) is 0 Å². The van der Waals surface area contributed by atoms with Crippen LogP contribution in [-0.2, 0) is 6.42 Å². The normalized spacial score (nSPS) is 18.3. The zero-order valence-corrected chi connectivity index (χ0v) is 12.7. The second kappa shape index (κ2) is 6.42. The topological polar surface area (TPSA) is 29.3 Å². The fourth-order valence-corrected chi connectivity index (χ4v) is 3.23. The first-order valence-electron chi connectivity index (χ1n) is 7.66. The molecule has 0 spiro atoms. The van der Waals surface area contributed by atoms with Crippen molar-refractivity contribution in [3.8, 4) is 0 Å². The van der Waals surface area contributed by atoms with Crippen molar-refractivity contribution in [1.29, 1.82) is 0 Å². The summed E-state index contributed by atoms with van der Waals surface area (Å²) in [6, 6.07) is 7.74. The Morgan fingerprint density at radius 3 is 2.58 bits per heavy atom. The summed E-state index contributed by atoms with van der Waals surface area (Å²) >= 11 is 0. The van der Waals surface area contributed by atoms with E-state index in [1.807, 2.05) is 0 Å². The lowest BCUT2D eigenvalue weighted by atomic mass is 9.93. The van der Waals surface area contributed by atoms with E-state index in [1.165, 1.54) is 48.9 Å². The lowest BCUT2D eigenvalue weighted by molar-refractivity contribution is 0.427. The quantitative estimate of drug-likeness (QED) is 0.895. The van der Waals surface area contributed by atoms with E-state index in [2.05, 4.69) is 44.0 Å². The van der Waals surface area contributed by atoms with Gasteiger partial charge in [0, 0.05) is 24.8 Å². The molecule has 2 rings (SSSR count). The van der Waals surface area contributed by atoms with Crippen LogP contribution in [0.1, 0.15) is 50.2 Å². The molecule has 0 bridgehead atoms. The Kier molecular flexibility index (Phi) is 4.87. The molecule has 2 heteroatoms. The Bertz CT molecular complexity index is 406. The molecule has 0 radical (unpaired) electrons. The van der Waals surface area contributed by atoms with Crippen molar-refractivity contribution in [3.63, 3.8) is 0 Å². The molecule has 0 heterocycles. The van der Waals surface area contributed by atoms with E-state index < -0.39 is 0 Å². The van der Waals surface area contributed by atoms with Gasteiger partial charge in [-0.1, -0.05) is 37.0 Å². The number of benzene rings is 1. The van der Waals surface area contributed by atoms with Crippen molar-refractivity contribution < 1.29 is 0 Å². The van der Waals surface area contributed by atoms with Gasteiger partial charge in [-0.2, -0.15) is 0 Å². The van der Waals surface area contributed by atoms with Crippen LogP contribution in [0.3, 0.4) is 0 Å². The van der Waals surface area contributed by atoms with Crippen molar-refractivity contribution in [2.75, 3.05) is 11.9 Å². The maximum absolute atomic E-state index is 6.00. The predicted octanol–water partition coefficient (Wildman–Crippen LogP) is 3.65. The van der Waals surface area contributed by atoms with E-state index in [-0.39, 0.29) is 6.04 Å². The maximum Gasteiger partial charge on any atom is 0.0399 e. The third kappa shape index (κ3) is 3.73. The molecule has 19 heavy (non-hydrogen) atoms. The van der Waals surface area contributed by atoms with E-state index in [0.717, 1.165) is 6.42 Å². The Balaban J connectivity index is 2.21. The Hall–Kier alpha value is -1.02. The molecule has 1 saturated carbocycles. The molecule has 1 aromatic rings. The average molecular weight is 260 g/mol. The molecule has 0 amide bonds. The number of nitrogens with two attached hydrogens (primary N) is 1. The Labute approximate surface area is 118 Å². The first kappa shape index (κ1) is 14.4. The molecule has 106 valence electrons. The maximum atomic E-state index is 6.00. The van der Waals surface area contributed by atoms with Crippen molar-refractivity contribution >= 4 is 5.69 Å². The van der Waals surface area contributed by atoms with Gasteiger partial charge in [0.05, 0.1) is 0 Å². The van der Waals surface area contributed by atoms with Crippen molar-refractivity contribution in [2.45, 2.75) is 64.5 Å².